The average molecular weight is 338 g/mol. The number of nitrogens with zero attached hydrogens (tertiary/aromatic N) is 3. The van der Waals surface area contributed by atoms with Gasteiger partial charge in [-0.25, -0.2) is 9.78 Å². The fraction of sp³-hybridized carbons (Fsp3) is 0.222. The predicted molar refractivity (Wildman–Crippen MR) is 96.7 cm³/mol. The van der Waals surface area contributed by atoms with E-state index in [0.717, 1.165) is 15.8 Å². The van der Waals surface area contributed by atoms with Crippen molar-refractivity contribution in [2.45, 2.75) is 13.8 Å². The van der Waals surface area contributed by atoms with E-state index in [1.165, 1.54) is 18.5 Å². The zero-order chi connectivity index (χ0) is 18.3. The molecule has 25 heavy (non-hydrogen) atoms. The Balaban J connectivity index is 2.22. The summed E-state index contributed by atoms with van der Waals surface area (Å²) in [6.45, 7) is 3.34. The molecule has 7 nitrogen and oxygen atoms in total. The lowest BCUT2D eigenvalue weighted by Crippen LogP contribution is -2.37. The summed E-state index contributed by atoms with van der Waals surface area (Å²) >= 11 is 0. The van der Waals surface area contributed by atoms with Crippen LogP contribution in [0.1, 0.15) is 22.8 Å². The van der Waals surface area contributed by atoms with Gasteiger partial charge in [-0.1, -0.05) is 0 Å². The fourth-order valence-electron chi connectivity index (χ4n) is 2.72. The zero-order valence-electron chi connectivity index (χ0n) is 14.5. The maximum Gasteiger partial charge on any atom is 0.332 e. The number of carbonyl (C=O) groups excluding carboxylic acids is 1. The van der Waals surface area contributed by atoms with Crippen molar-refractivity contribution in [3.8, 4) is 0 Å². The normalized spacial score (nSPS) is 10.9. The van der Waals surface area contributed by atoms with Gasteiger partial charge in [-0.15, -0.1) is 0 Å². The van der Waals surface area contributed by atoms with Gasteiger partial charge in [-0.3, -0.25) is 18.7 Å². The number of fused-ring (bicyclic) bond motifs is 1. The molecule has 0 spiro atoms. The molecular weight excluding hydrogens is 320 g/mol. The number of rotatable bonds is 3. The summed E-state index contributed by atoms with van der Waals surface area (Å²) in [5, 5.41) is 3.56. The number of benzene rings is 1. The van der Waals surface area contributed by atoms with Crippen molar-refractivity contribution < 1.29 is 4.79 Å². The molecule has 128 valence electrons. The summed E-state index contributed by atoms with van der Waals surface area (Å²) in [5.41, 5.74) is 2.21. The third-order valence-corrected chi connectivity index (χ3v) is 4.22. The van der Waals surface area contributed by atoms with Crippen molar-refractivity contribution in [1.82, 2.24) is 14.1 Å². The number of pyridine rings is 1. The van der Waals surface area contributed by atoms with Crippen LogP contribution in [0, 0.1) is 6.92 Å². The van der Waals surface area contributed by atoms with Crippen LogP contribution in [-0.2, 0) is 14.1 Å². The molecular formula is C18H18N4O3. The number of hydrogen-bond acceptors (Lipinski definition) is 5. The number of hydrogen-bond donors (Lipinski definition) is 1. The van der Waals surface area contributed by atoms with E-state index in [4.69, 9.17) is 0 Å². The minimum absolute atomic E-state index is 0.0130. The first kappa shape index (κ1) is 16.6. The molecule has 1 N–H and O–H groups in total. The van der Waals surface area contributed by atoms with Crippen LogP contribution in [-0.4, -0.2) is 19.9 Å². The number of anilines is 2. The van der Waals surface area contributed by atoms with E-state index >= 15 is 0 Å². The summed E-state index contributed by atoms with van der Waals surface area (Å²) in [5.74, 6) is -0.0130. The zero-order valence-corrected chi connectivity index (χ0v) is 14.5. The van der Waals surface area contributed by atoms with Gasteiger partial charge in [0, 0.05) is 31.5 Å². The molecule has 0 bridgehead atoms. The van der Waals surface area contributed by atoms with Crippen molar-refractivity contribution in [2.24, 2.45) is 14.1 Å². The first-order chi connectivity index (χ1) is 11.8. The molecule has 0 fully saturated rings. The van der Waals surface area contributed by atoms with E-state index in [9.17, 15) is 14.4 Å². The van der Waals surface area contributed by atoms with Crippen LogP contribution in [0.4, 0.5) is 11.4 Å². The van der Waals surface area contributed by atoms with Crippen LogP contribution in [0.3, 0.4) is 0 Å². The van der Waals surface area contributed by atoms with Crippen LogP contribution in [0.25, 0.3) is 11.0 Å². The van der Waals surface area contributed by atoms with Gasteiger partial charge in [-0.05, 0) is 43.7 Å². The van der Waals surface area contributed by atoms with E-state index in [0.29, 0.717) is 22.3 Å². The van der Waals surface area contributed by atoms with Gasteiger partial charge >= 0.3 is 5.69 Å². The average Bonchev–Trinajstić information content (AvgIpc) is 2.60. The highest BCUT2D eigenvalue weighted by molar-refractivity contribution is 5.95. The molecule has 0 radical (unpaired) electrons. The van der Waals surface area contributed by atoms with Crippen molar-refractivity contribution in [1.29, 1.82) is 0 Å². The maximum absolute atomic E-state index is 12.6. The van der Waals surface area contributed by atoms with Crippen molar-refractivity contribution in [3.05, 3.63) is 62.4 Å². The number of ketones is 1. The molecule has 0 unspecified atom stereocenters. The van der Waals surface area contributed by atoms with Gasteiger partial charge in [0.15, 0.2) is 11.4 Å². The highest BCUT2D eigenvalue weighted by atomic mass is 16.2. The lowest BCUT2D eigenvalue weighted by Gasteiger charge is -2.14. The lowest BCUT2D eigenvalue weighted by molar-refractivity contribution is 0.101. The van der Waals surface area contributed by atoms with Gasteiger partial charge < -0.3 is 5.32 Å². The third-order valence-electron chi connectivity index (χ3n) is 4.22. The molecule has 0 aliphatic rings. The second kappa shape index (κ2) is 6.01. The molecule has 0 aliphatic heterocycles. The third kappa shape index (κ3) is 2.73. The number of nitrogens with one attached hydrogen (secondary N) is 1. The molecule has 0 atom stereocenters. The SMILES string of the molecule is CC(=O)c1ccc(Nc2c(C)cnc3c2c(=O)n(C)c(=O)n3C)cc1. The largest absolute Gasteiger partial charge is 0.354 e. The molecule has 0 saturated carbocycles. The number of carbonyl (C=O) groups is 1. The summed E-state index contributed by atoms with van der Waals surface area (Å²) in [6.07, 6.45) is 1.62. The number of Topliss-reactive ketones (excluding diaryl/α,β-unsaturated/α-hetero) is 1. The van der Waals surface area contributed by atoms with Gasteiger partial charge in [0.25, 0.3) is 5.56 Å². The molecule has 7 heteroatoms. The van der Waals surface area contributed by atoms with E-state index in [1.54, 1.807) is 37.5 Å². The smallest absolute Gasteiger partial charge is 0.332 e. The predicted octanol–water partition coefficient (Wildman–Crippen LogP) is 1.89. The molecule has 1 aromatic carbocycles. The minimum atomic E-state index is -0.425. The molecule has 2 aromatic heterocycles. The second-order valence-electron chi connectivity index (χ2n) is 5.98. The molecule has 0 amide bonds. The van der Waals surface area contributed by atoms with Gasteiger partial charge in [0.05, 0.1) is 5.69 Å². The lowest BCUT2D eigenvalue weighted by atomic mass is 10.1. The van der Waals surface area contributed by atoms with Crippen LogP contribution >= 0.6 is 0 Å². The van der Waals surface area contributed by atoms with Crippen LogP contribution in [0.15, 0.2) is 40.1 Å². The van der Waals surface area contributed by atoms with E-state index in [2.05, 4.69) is 10.3 Å². The van der Waals surface area contributed by atoms with E-state index < -0.39 is 11.2 Å². The Bertz CT molecular complexity index is 1110. The standard InChI is InChI=1S/C18H18N4O3/c1-10-9-19-16-14(17(24)22(4)18(25)21(16)3)15(10)20-13-7-5-12(6-8-13)11(2)23/h5-9H,1-4H3,(H,19,20). The quantitative estimate of drug-likeness (QED) is 0.737. The van der Waals surface area contributed by atoms with Crippen LogP contribution < -0.4 is 16.6 Å². The Morgan fingerprint density at radius 1 is 1.08 bits per heavy atom. The van der Waals surface area contributed by atoms with Gasteiger partial charge in [0.2, 0.25) is 0 Å². The Morgan fingerprint density at radius 2 is 1.72 bits per heavy atom. The molecule has 2 heterocycles. The van der Waals surface area contributed by atoms with Crippen LogP contribution in [0.5, 0.6) is 0 Å². The Kier molecular flexibility index (Phi) is 4.00. The molecule has 3 rings (SSSR count). The number of aryl methyl sites for hydroxylation is 2. The first-order valence-corrected chi connectivity index (χ1v) is 7.74. The maximum atomic E-state index is 12.6. The molecule has 0 saturated heterocycles. The van der Waals surface area contributed by atoms with E-state index in [1.807, 2.05) is 6.92 Å². The summed E-state index contributed by atoms with van der Waals surface area (Å²) in [4.78, 5) is 40.4. The Morgan fingerprint density at radius 3 is 2.32 bits per heavy atom. The first-order valence-electron chi connectivity index (χ1n) is 7.74. The van der Waals surface area contributed by atoms with Crippen molar-refractivity contribution in [2.75, 3.05) is 5.32 Å². The second-order valence-corrected chi connectivity index (χ2v) is 5.98. The summed E-state index contributed by atoms with van der Waals surface area (Å²) < 4.78 is 2.41. The topological polar surface area (TPSA) is 86.0 Å². The highest BCUT2D eigenvalue weighted by Crippen LogP contribution is 2.26. The fourth-order valence-corrected chi connectivity index (χ4v) is 2.72. The summed E-state index contributed by atoms with van der Waals surface area (Å²) in [7, 11) is 3.02. The Hall–Kier alpha value is -3.22. The van der Waals surface area contributed by atoms with E-state index in [-0.39, 0.29) is 5.78 Å². The summed E-state index contributed by atoms with van der Waals surface area (Å²) in [6, 6.07) is 6.98. The van der Waals surface area contributed by atoms with Crippen molar-refractivity contribution in [3.63, 3.8) is 0 Å². The Labute approximate surface area is 143 Å². The monoisotopic (exact) mass is 338 g/mol. The number of aromatic nitrogens is 3. The minimum Gasteiger partial charge on any atom is -0.354 e. The van der Waals surface area contributed by atoms with Gasteiger partial charge in [0.1, 0.15) is 5.39 Å². The van der Waals surface area contributed by atoms with Crippen LogP contribution in [0.2, 0.25) is 0 Å². The van der Waals surface area contributed by atoms with Crippen molar-refractivity contribution >= 4 is 28.2 Å². The molecule has 3 aromatic rings. The molecule has 0 aliphatic carbocycles. The van der Waals surface area contributed by atoms with Gasteiger partial charge in [-0.2, -0.15) is 0 Å². The highest BCUT2D eigenvalue weighted by Gasteiger charge is 2.15.